The Bertz CT molecular complexity index is 793. The van der Waals surface area contributed by atoms with E-state index < -0.39 is 12.2 Å². The molecule has 2 aromatic rings. The van der Waals surface area contributed by atoms with Crippen LogP contribution in [-0.4, -0.2) is 84.7 Å². The first-order valence-corrected chi connectivity index (χ1v) is 11.5. The first kappa shape index (κ1) is 24.5. The number of piperazine rings is 1. The number of aliphatic hydroxyl groups is 2. The second-order valence-electron chi connectivity index (χ2n) is 9.07. The van der Waals surface area contributed by atoms with Crippen LogP contribution in [-0.2, 0) is 0 Å². The molecule has 0 bridgehead atoms. The number of aryl methyl sites for hydroxylation is 4. The van der Waals surface area contributed by atoms with E-state index in [0.29, 0.717) is 26.3 Å². The Morgan fingerprint density at radius 1 is 0.688 bits per heavy atom. The average Bonchev–Trinajstić information content (AvgIpc) is 2.74. The molecule has 0 unspecified atom stereocenters. The Balaban J connectivity index is 1.33. The van der Waals surface area contributed by atoms with Crippen molar-refractivity contribution < 1.29 is 19.7 Å². The lowest BCUT2D eigenvalue weighted by Gasteiger charge is -2.36. The summed E-state index contributed by atoms with van der Waals surface area (Å²) in [6, 6.07) is 12.1. The topological polar surface area (TPSA) is 65.4 Å². The van der Waals surface area contributed by atoms with E-state index in [1.54, 1.807) is 0 Å². The zero-order chi connectivity index (χ0) is 23.1. The van der Waals surface area contributed by atoms with E-state index in [1.807, 2.05) is 38.1 Å². The largest absolute Gasteiger partial charge is 0.491 e. The van der Waals surface area contributed by atoms with Crippen molar-refractivity contribution >= 4 is 0 Å². The predicted octanol–water partition coefficient (Wildman–Crippen LogP) is 2.72. The summed E-state index contributed by atoms with van der Waals surface area (Å²) in [7, 11) is 0. The van der Waals surface area contributed by atoms with Gasteiger partial charge in [0.05, 0.1) is 0 Å². The number of β-amino-alcohol motifs (C(OH)–C–C–N with tert-alkyl or cyclic N) is 2. The summed E-state index contributed by atoms with van der Waals surface area (Å²) in [5.41, 5.74) is 4.59. The van der Waals surface area contributed by atoms with Crippen LogP contribution in [0.4, 0.5) is 0 Å². The van der Waals surface area contributed by atoms with Crippen molar-refractivity contribution in [3.8, 4) is 11.5 Å². The number of hydrogen-bond acceptors (Lipinski definition) is 6. The van der Waals surface area contributed by atoms with Gasteiger partial charge in [-0.15, -0.1) is 0 Å². The molecule has 0 aliphatic carbocycles. The van der Waals surface area contributed by atoms with Gasteiger partial charge in [0.25, 0.3) is 0 Å². The van der Waals surface area contributed by atoms with Gasteiger partial charge >= 0.3 is 0 Å². The number of rotatable bonds is 10. The summed E-state index contributed by atoms with van der Waals surface area (Å²) in [6.07, 6.45) is -1.06. The highest BCUT2D eigenvalue weighted by molar-refractivity contribution is 5.36. The zero-order valence-electron chi connectivity index (χ0n) is 19.9. The smallest absolute Gasteiger partial charge is 0.122 e. The highest BCUT2D eigenvalue weighted by Crippen LogP contribution is 2.20. The lowest BCUT2D eigenvalue weighted by atomic mass is 10.1. The molecule has 6 heteroatoms. The molecular weight excluding hydrogens is 404 g/mol. The number of hydrogen-bond donors (Lipinski definition) is 2. The standard InChI is InChI=1S/C26H38N2O4/c1-19-5-7-25(21(3)13-19)31-17-23(29)15-27-9-11-28(12-10-27)16-24(30)18-32-26-8-6-20(2)14-22(26)4/h5-8,13-14,23-24,29-30H,9-12,15-18H2,1-4H3/t23-,24+. The summed E-state index contributed by atoms with van der Waals surface area (Å²) < 4.78 is 11.6. The van der Waals surface area contributed by atoms with Gasteiger partial charge in [-0.25, -0.2) is 0 Å². The van der Waals surface area contributed by atoms with Crippen LogP contribution in [0.2, 0.25) is 0 Å². The summed E-state index contributed by atoms with van der Waals surface area (Å²) in [5.74, 6) is 1.66. The molecule has 1 saturated heterocycles. The maximum Gasteiger partial charge on any atom is 0.122 e. The summed E-state index contributed by atoms with van der Waals surface area (Å²) in [5, 5.41) is 20.8. The van der Waals surface area contributed by atoms with Crippen molar-refractivity contribution in [2.24, 2.45) is 0 Å². The Labute approximate surface area is 192 Å². The number of benzene rings is 2. The molecule has 2 N–H and O–H groups in total. The molecule has 2 aromatic carbocycles. The lowest BCUT2D eigenvalue weighted by molar-refractivity contribution is 0.0239. The van der Waals surface area contributed by atoms with Crippen LogP contribution in [0.25, 0.3) is 0 Å². The lowest BCUT2D eigenvalue weighted by Crippen LogP contribution is -2.51. The molecule has 0 aromatic heterocycles. The van der Waals surface area contributed by atoms with Crippen LogP contribution >= 0.6 is 0 Å². The maximum absolute atomic E-state index is 10.4. The summed E-state index contributed by atoms with van der Waals surface area (Å²) >= 11 is 0. The molecule has 1 aliphatic rings. The van der Waals surface area contributed by atoms with Gasteiger partial charge in [-0.2, -0.15) is 0 Å². The van der Waals surface area contributed by atoms with Crippen LogP contribution in [0.15, 0.2) is 36.4 Å². The third-order valence-corrected chi connectivity index (χ3v) is 5.93. The van der Waals surface area contributed by atoms with E-state index in [-0.39, 0.29) is 0 Å². The molecule has 0 saturated carbocycles. The monoisotopic (exact) mass is 442 g/mol. The van der Waals surface area contributed by atoms with Crippen LogP contribution in [0, 0.1) is 27.7 Å². The summed E-state index contributed by atoms with van der Waals surface area (Å²) in [6.45, 7) is 13.4. The van der Waals surface area contributed by atoms with Crippen molar-refractivity contribution in [2.75, 3.05) is 52.5 Å². The average molecular weight is 443 g/mol. The number of nitrogens with zero attached hydrogens (tertiary/aromatic N) is 2. The molecule has 32 heavy (non-hydrogen) atoms. The minimum Gasteiger partial charge on any atom is -0.491 e. The first-order valence-electron chi connectivity index (χ1n) is 11.5. The molecule has 1 fully saturated rings. The van der Waals surface area contributed by atoms with E-state index in [1.165, 1.54) is 11.1 Å². The van der Waals surface area contributed by atoms with E-state index in [2.05, 4.69) is 35.8 Å². The van der Waals surface area contributed by atoms with Crippen LogP contribution in [0.5, 0.6) is 11.5 Å². The molecule has 0 radical (unpaired) electrons. The normalized spacial score (nSPS) is 17.2. The SMILES string of the molecule is Cc1ccc(OC[C@@H](O)CN2CCN(C[C@@H](O)COc3ccc(C)cc3C)CC2)c(C)c1. The van der Waals surface area contributed by atoms with Gasteiger partial charge < -0.3 is 19.7 Å². The van der Waals surface area contributed by atoms with E-state index in [0.717, 1.165) is 48.8 Å². The van der Waals surface area contributed by atoms with Gasteiger partial charge in [0.15, 0.2) is 0 Å². The van der Waals surface area contributed by atoms with Gasteiger partial charge in [0, 0.05) is 39.3 Å². The maximum atomic E-state index is 10.4. The van der Waals surface area contributed by atoms with Crippen molar-refractivity contribution in [1.29, 1.82) is 0 Å². The Kier molecular flexibility index (Phi) is 8.93. The molecule has 2 atom stereocenters. The van der Waals surface area contributed by atoms with Crippen molar-refractivity contribution in [3.63, 3.8) is 0 Å². The van der Waals surface area contributed by atoms with Crippen LogP contribution in [0.1, 0.15) is 22.3 Å². The molecule has 0 amide bonds. The fraction of sp³-hybridized carbons (Fsp3) is 0.538. The van der Waals surface area contributed by atoms with Gasteiger partial charge in [-0.1, -0.05) is 35.4 Å². The highest BCUT2D eigenvalue weighted by Gasteiger charge is 2.21. The van der Waals surface area contributed by atoms with Crippen molar-refractivity contribution in [2.45, 2.75) is 39.9 Å². The highest BCUT2D eigenvalue weighted by atomic mass is 16.5. The molecule has 3 rings (SSSR count). The Hall–Kier alpha value is -2.12. The third-order valence-electron chi connectivity index (χ3n) is 5.93. The van der Waals surface area contributed by atoms with Crippen molar-refractivity contribution in [1.82, 2.24) is 9.80 Å². The van der Waals surface area contributed by atoms with E-state index >= 15 is 0 Å². The fourth-order valence-electron chi connectivity index (χ4n) is 4.15. The van der Waals surface area contributed by atoms with Crippen LogP contribution in [0.3, 0.4) is 0 Å². The van der Waals surface area contributed by atoms with Crippen molar-refractivity contribution in [3.05, 3.63) is 58.7 Å². The number of ether oxygens (including phenoxy) is 2. The third kappa shape index (κ3) is 7.48. The minimum absolute atomic E-state index is 0.290. The predicted molar refractivity (Wildman–Crippen MR) is 128 cm³/mol. The van der Waals surface area contributed by atoms with E-state index in [9.17, 15) is 10.2 Å². The second kappa shape index (κ2) is 11.7. The molecule has 1 aliphatic heterocycles. The van der Waals surface area contributed by atoms with Crippen LogP contribution < -0.4 is 9.47 Å². The fourth-order valence-corrected chi connectivity index (χ4v) is 4.15. The quantitative estimate of drug-likeness (QED) is 0.590. The zero-order valence-corrected chi connectivity index (χ0v) is 19.9. The Morgan fingerprint density at radius 3 is 1.41 bits per heavy atom. The first-order chi connectivity index (χ1) is 15.3. The summed E-state index contributed by atoms with van der Waals surface area (Å²) in [4.78, 5) is 4.51. The second-order valence-corrected chi connectivity index (χ2v) is 9.07. The molecule has 1 heterocycles. The van der Waals surface area contributed by atoms with E-state index in [4.69, 9.17) is 9.47 Å². The number of aliphatic hydroxyl groups excluding tert-OH is 2. The minimum atomic E-state index is -0.529. The molecule has 176 valence electrons. The van der Waals surface area contributed by atoms with Gasteiger partial charge in [-0.3, -0.25) is 9.80 Å². The Morgan fingerprint density at radius 2 is 1.06 bits per heavy atom. The van der Waals surface area contributed by atoms with Gasteiger partial charge in [0.1, 0.15) is 36.9 Å². The molecular formula is C26H38N2O4. The molecule has 6 nitrogen and oxygen atoms in total. The van der Waals surface area contributed by atoms with Gasteiger partial charge in [-0.05, 0) is 51.0 Å². The molecule has 0 spiro atoms. The van der Waals surface area contributed by atoms with Gasteiger partial charge in [0.2, 0.25) is 0 Å².